The first kappa shape index (κ1) is 53.0. The largest absolute Gasteiger partial charge is 0.481 e. The second-order valence-electron chi connectivity index (χ2n) is 26.0. The number of fused-ring (bicyclic) bond motifs is 10. The van der Waals surface area contributed by atoms with Gasteiger partial charge in [-0.15, -0.1) is 0 Å². The Morgan fingerprint density at radius 1 is 0.565 bits per heavy atom. The third kappa shape index (κ3) is 10.6. The van der Waals surface area contributed by atoms with Crippen molar-refractivity contribution in [3.8, 4) is 0 Å². The van der Waals surface area contributed by atoms with Crippen molar-refractivity contribution >= 4 is 33.8 Å². The molecule has 2 unspecified atom stereocenters. The molecule has 13 nitrogen and oxygen atoms in total. The summed E-state index contributed by atoms with van der Waals surface area (Å²) in [5.41, 5.74) is 0.513. The highest BCUT2D eigenvalue weighted by atomic mass is 32.2. The van der Waals surface area contributed by atoms with Crippen LogP contribution in [0.3, 0.4) is 0 Å². The quantitative estimate of drug-likeness (QED) is 0.0692. The number of carboxylic acids is 1. The van der Waals surface area contributed by atoms with Crippen molar-refractivity contribution in [3.63, 3.8) is 0 Å². The Bertz CT molecular complexity index is 2000. The fourth-order valence-electron chi connectivity index (χ4n) is 19.2. The molecule has 8 saturated carbocycles. The van der Waals surface area contributed by atoms with Gasteiger partial charge in [0.05, 0.1) is 18.0 Å². The van der Waals surface area contributed by atoms with E-state index in [1.807, 2.05) is 0 Å². The van der Waals surface area contributed by atoms with Crippen LogP contribution in [-0.4, -0.2) is 88.6 Å². The van der Waals surface area contributed by atoms with E-state index in [2.05, 4.69) is 57.5 Å². The molecule has 0 bridgehead atoms. The van der Waals surface area contributed by atoms with Crippen LogP contribution in [0.4, 0.5) is 0 Å². The molecule has 0 heterocycles. The number of carbonyl (C=O) groups excluding carboxylic acids is 3. The normalized spacial score (nSPS) is 44.4. The van der Waals surface area contributed by atoms with Crippen LogP contribution in [0.5, 0.6) is 0 Å². The van der Waals surface area contributed by atoms with Gasteiger partial charge in [-0.25, -0.2) is 0 Å². The molecule has 0 aromatic heterocycles. The summed E-state index contributed by atoms with van der Waals surface area (Å²) in [4.78, 5) is 50.6. The van der Waals surface area contributed by atoms with Crippen molar-refractivity contribution in [1.29, 1.82) is 0 Å². The molecule has 8 rings (SSSR count). The zero-order valence-electron chi connectivity index (χ0n) is 43.1. The van der Waals surface area contributed by atoms with E-state index in [0.29, 0.717) is 90.8 Å². The molecule has 3 amide bonds. The van der Waals surface area contributed by atoms with Crippen molar-refractivity contribution in [2.75, 3.05) is 12.3 Å². The number of aliphatic carboxylic acids is 1. The maximum Gasteiger partial charge on any atom is 0.303 e. The second kappa shape index (κ2) is 20.6. The van der Waals surface area contributed by atoms with Gasteiger partial charge in [0.25, 0.3) is 10.1 Å². The van der Waals surface area contributed by atoms with E-state index < -0.39 is 21.8 Å². The van der Waals surface area contributed by atoms with Gasteiger partial charge in [-0.1, -0.05) is 41.5 Å². The van der Waals surface area contributed by atoms with Crippen molar-refractivity contribution in [2.45, 2.75) is 214 Å². The van der Waals surface area contributed by atoms with E-state index >= 15 is 0 Å². The Hall–Kier alpha value is -2.29. The summed E-state index contributed by atoms with van der Waals surface area (Å²) in [7, 11) is -4.12. The SMILES string of the molecule is C[C@H](CCC(=O)O)[C@H]1CC[C@H]2[C@@H]3[C@@H](O)CC4C[C@H](NC(=O)CCCC(=O)N[C@H]5CC[C@]6(C)C(C5)C[C@@H](O)[C@@H]5[C@H]7CC[C@@H]([C@@H](C)CCC(=O)NCCS(=O)(=O)O)[C@]7(C)CC[C@H]56)CC[C@]4(C)[C@H]3CC[C@]12C. The van der Waals surface area contributed by atoms with Crippen molar-refractivity contribution in [1.82, 2.24) is 16.0 Å². The summed E-state index contributed by atoms with van der Waals surface area (Å²) in [6.45, 7) is 14.2. The van der Waals surface area contributed by atoms with Crippen LogP contribution in [0.1, 0.15) is 189 Å². The van der Waals surface area contributed by atoms with Gasteiger partial charge < -0.3 is 31.3 Å². The number of rotatable bonds is 17. The zero-order chi connectivity index (χ0) is 49.8. The molecular formula is C55H91N3O10S. The molecule has 0 aromatic rings. The second-order valence-corrected chi connectivity index (χ2v) is 27.6. The van der Waals surface area contributed by atoms with Crippen LogP contribution in [0.25, 0.3) is 0 Å². The van der Waals surface area contributed by atoms with Gasteiger partial charge >= 0.3 is 5.97 Å². The summed E-state index contributed by atoms with van der Waals surface area (Å²) < 4.78 is 31.1. The van der Waals surface area contributed by atoms with Crippen molar-refractivity contribution < 1.29 is 47.5 Å². The Kier molecular flexibility index (Phi) is 15.8. The molecule has 8 aliphatic carbocycles. The lowest BCUT2D eigenvalue weighted by Crippen LogP contribution is -2.59. The van der Waals surface area contributed by atoms with Gasteiger partial charge in [0.1, 0.15) is 0 Å². The van der Waals surface area contributed by atoms with E-state index in [1.54, 1.807) is 0 Å². The van der Waals surface area contributed by atoms with Crippen LogP contribution < -0.4 is 16.0 Å². The van der Waals surface area contributed by atoms with Crippen LogP contribution in [-0.2, 0) is 29.3 Å². The predicted molar refractivity (Wildman–Crippen MR) is 265 cm³/mol. The van der Waals surface area contributed by atoms with Gasteiger partial charge in [0, 0.05) is 44.3 Å². The van der Waals surface area contributed by atoms with Crippen LogP contribution in [0.2, 0.25) is 0 Å². The first-order valence-corrected chi connectivity index (χ1v) is 29.5. The van der Waals surface area contributed by atoms with Crippen molar-refractivity contribution in [3.05, 3.63) is 0 Å². The summed E-state index contributed by atoms with van der Waals surface area (Å²) >= 11 is 0. The number of carboxylic acid groups (broad SMARTS) is 1. The van der Waals surface area contributed by atoms with Crippen LogP contribution in [0.15, 0.2) is 0 Å². The van der Waals surface area contributed by atoms with Crippen molar-refractivity contribution in [2.24, 2.45) is 92.7 Å². The highest BCUT2D eigenvalue weighted by molar-refractivity contribution is 7.85. The van der Waals surface area contributed by atoms with E-state index in [9.17, 15) is 42.9 Å². The Labute approximate surface area is 414 Å². The third-order valence-electron chi connectivity index (χ3n) is 22.7. The summed E-state index contributed by atoms with van der Waals surface area (Å²) in [5, 5.41) is 42.5. The minimum Gasteiger partial charge on any atom is -0.481 e. The van der Waals surface area contributed by atoms with E-state index in [1.165, 1.54) is 0 Å². The Balaban J connectivity index is 0.760. The van der Waals surface area contributed by atoms with Gasteiger partial charge in [-0.05, 0) is 215 Å². The molecule has 392 valence electrons. The minimum atomic E-state index is -4.12. The van der Waals surface area contributed by atoms with Crippen LogP contribution in [0, 0.1) is 92.7 Å². The number of aliphatic hydroxyl groups is 2. The molecule has 7 N–H and O–H groups in total. The Morgan fingerprint density at radius 3 is 1.42 bits per heavy atom. The number of nitrogens with one attached hydrogen (secondary N) is 3. The number of amides is 3. The van der Waals surface area contributed by atoms with E-state index in [0.717, 1.165) is 116 Å². The molecule has 0 spiro atoms. The molecule has 0 aromatic carbocycles. The zero-order valence-corrected chi connectivity index (χ0v) is 43.9. The molecule has 8 fully saturated rings. The fourth-order valence-corrected chi connectivity index (χ4v) is 19.5. The number of carbonyl (C=O) groups is 4. The first-order chi connectivity index (χ1) is 32.5. The lowest BCUT2D eigenvalue weighted by Gasteiger charge is -2.62. The smallest absolute Gasteiger partial charge is 0.303 e. The third-order valence-corrected chi connectivity index (χ3v) is 23.5. The van der Waals surface area contributed by atoms with Gasteiger partial charge in [-0.2, -0.15) is 8.42 Å². The Morgan fingerprint density at radius 2 is 0.986 bits per heavy atom. The fraction of sp³-hybridized carbons (Fsp3) is 0.927. The molecule has 69 heavy (non-hydrogen) atoms. The lowest BCUT2D eigenvalue weighted by atomic mass is 9.43. The minimum absolute atomic E-state index is 0.00633. The topological polar surface area (TPSA) is 219 Å². The average Bonchev–Trinajstić information content (AvgIpc) is 3.82. The number of aliphatic hydroxyl groups excluding tert-OH is 2. The van der Waals surface area contributed by atoms with Crippen LogP contribution >= 0.6 is 0 Å². The maximum absolute atomic E-state index is 13.4. The molecule has 0 aliphatic heterocycles. The average molecular weight is 986 g/mol. The lowest BCUT2D eigenvalue weighted by molar-refractivity contribution is -0.167. The molecular weight excluding hydrogens is 895 g/mol. The van der Waals surface area contributed by atoms with Gasteiger partial charge in [0.2, 0.25) is 17.7 Å². The predicted octanol–water partition coefficient (Wildman–Crippen LogP) is 8.31. The summed E-state index contributed by atoms with van der Waals surface area (Å²) in [6, 6.07) is 0.166. The maximum atomic E-state index is 13.4. The molecule has 14 heteroatoms. The number of hydrogen-bond acceptors (Lipinski definition) is 8. The highest BCUT2D eigenvalue weighted by Gasteiger charge is 2.65. The summed E-state index contributed by atoms with van der Waals surface area (Å²) in [6.07, 6.45) is 18.6. The first-order valence-electron chi connectivity index (χ1n) is 27.8. The molecule has 0 saturated heterocycles. The van der Waals surface area contributed by atoms with E-state index in [-0.39, 0.29) is 82.6 Å². The standard InChI is InChI=1S/C55H91N3O10S/c1-32(10-16-46(61)56-26-27-69(66,67)68)38-12-14-40-50-42(20-24-54(38,40)5)52(3)22-18-36(28-34(52)30-44(50)59)57-47(62)8-7-9-48(63)58-37-19-23-53(4)35(29-37)31-45(60)51-41-15-13-39(33(2)11-17-49(64)65)55(41,6)25-21-43(51)53/h32-45,50-51,59-60H,7-31H2,1-6H3,(H,56,61)(H,57,62)(H,58,63)(H,64,65)(H,66,67,68)/t32-,33+,34?,35?,36-,37+,38-,39+,40+,41-,42+,43-,44+,45-,50+,51-,52+,53-,54-,55+/m0/s1. The molecule has 0 radical (unpaired) electrons. The monoisotopic (exact) mass is 986 g/mol. The number of hydrogen-bond donors (Lipinski definition) is 7. The highest BCUT2D eigenvalue weighted by Crippen LogP contribution is 2.70. The van der Waals surface area contributed by atoms with Gasteiger partial charge in [0.15, 0.2) is 0 Å². The summed E-state index contributed by atoms with van der Waals surface area (Å²) in [5.74, 6) is 3.37. The van der Waals surface area contributed by atoms with Gasteiger partial charge in [-0.3, -0.25) is 23.7 Å². The molecule has 20 atom stereocenters. The van der Waals surface area contributed by atoms with E-state index in [4.69, 9.17) is 4.55 Å². The molecule has 8 aliphatic rings.